The van der Waals surface area contributed by atoms with Gasteiger partial charge in [0.2, 0.25) is 5.01 Å². The Morgan fingerprint density at radius 2 is 2.29 bits per heavy atom. The summed E-state index contributed by atoms with van der Waals surface area (Å²) in [5.41, 5.74) is 0.775. The van der Waals surface area contributed by atoms with Gasteiger partial charge in [-0.3, -0.25) is 4.98 Å². The van der Waals surface area contributed by atoms with E-state index in [1.807, 2.05) is 0 Å². The average molecular weight is 207 g/mol. The van der Waals surface area contributed by atoms with Crippen LogP contribution in [0.2, 0.25) is 0 Å². The van der Waals surface area contributed by atoms with Gasteiger partial charge in [0.05, 0.1) is 0 Å². The highest BCUT2D eigenvalue weighted by molar-refractivity contribution is 7.16. The smallest absolute Gasteiger partial charge is 0.367 e. The van der Waals surface area contributed by atoms with Crippen molar-refractivity contribution < 1.29 is 9.90 Å². The molecule has 2 aromatic rings. The first-order valence-corrected chi connectivity index (χ1v) is 4.56. The summed E-state index contributed by atoms with van der Waals surface area (Å²) in [4.78, 5) is 14.4. The van der Waals surface area contributed by atoms with Crippen molar-refractivity contribution in [3.8, 4) is 10.6 Å². The summed E-state index contributed by atoms with van der Waals surface area (Å²) in [7, 11) is 0. The van der Waals surface area contributed by atoms with Crippen LogP contribution in [0, 0.1) is 0 Å². The third kappa shape index (κ3) is 1.60. The monoisotopic (exact) mass is 207 g/mol. The first-order valence-electron chi connectivity index (χ1n) is 3.74. The number of aromatic carboxylic acids is 1. The van der Waals surface area contributed by atoms with Gasteiger partial charge in [-0.15, -0.1) is 10.2 Å². The van der Waals surface area contributed by atoms with Crippen molar-refractivity contribution in [2.75, 3.05) is 0 Å². The second kappa shape index (κ2) is 3.51. The number of carbonyl (C=O) groups is 1. The Balaban J connectivity index is 2.39. The van der Waals surface area contributed by atoms with Crippen molar-refractivity contribution in [3.05, 3.63) is 29.5 Å². The van der Waals surface area contributed by atoms with Gasteiger partial charge < -0.3 is 5.11 Å². The molecule has 5 nitrogen and oxygen atoms in total. The van der Waals surface area contributed by atoms with Crippen molar-refractivity contribution in [1.82, 2.24) is 15.2 Å². The van der Waals surface area contributed by atoms with Crippen LogP contribution < -0.4 is 0 Å². The van der Waals surface area contributed by atoms with E-state index in [9.17, 15) is 4.79 Å². The number of pyridine rings is 1. The lowest BCUT2D eigenvalue weighted by molar-refractivity contribution is 0.0695. The lowest BCUT2D eigenvalue weighted by atomic mass is 10.3. The molecule has 0 aliphatic carbocycles. The zero-order valence-electron chi connectivity index (χ0n) is 6.91. The third-order valence-electron chi connectivity index (χ3n) is 1.52. The minimum Gasteiger partial charge on any atom is -0.476 e. The molecule has 0 atom stereocenters. The molecule has 0 fully saturated rings. The molecule has 0 unspecified atom stereocenters. The van der Waals surface area contributed by atoms with Crippen molar-refractivity contribution >= 4 is 17.3 Å². The Labute approximate surface area is 83.1 Å². The van der Waals surface area contributed by atoms with E-state index in [0.717, 1.165) is 16.9 Å². The Kier molecular flexibility index (Phi) is 2.19. The van der Waals surface area contributed by atoms with Crippen LogP contribution >= 0.6 is 11.3 Å². The Bertz CT molecular complexity index is 455. The molecule has 0 aliphatic rings. The van der Waals surface area contributed by atoms with E-state index in [1.54, 1.807) is 24.5 Å². The van der Waals surface area contributed by atoms with Crippen LogP contribution in [0.3, 0.4) is 0 Å². The molecular formula is C8H5N3O2S. The maximum Gasteiger partial charge on any atom is 0.367 e. The summed E-state index contributed by atoms with van der Waals surface area (Å²) in [6, 6.07) is 3.57. The zero-order valence-corrected chi connectivity index (χ0v) is 7.73. The highest BCUT2D eigenvalue weighted by Gasteiger charge is 2.11. The van der Waals surface area contributed by atoms with Gasteiger partial charge in [0.1, 0.15) is 5.01 Å². The number of hydrogen-bond donors (Lipinski definition) is 1. The minimum absolute atomic E-state index is 0.0103. The molecule has 0 saturated heterocycles. The second-order valence-electron chi connectivity index (χ2n) is 2.46. The maximum atomic E-state index is 10.5. The molecule has 70 valence electrons. The van der Waals surface area contributed by atoms with E-state index in [1.165, 1.54) is 0 Å². The summed E-state index contributed by atoms with van der Waals surface area (Å²) in [5, 5.41) is 16.5. The SMILES string of the molecule is O=C(O)c1nnc(-c2cccnc2)s1. The molecule has 0 amide bonds. The number of hydrogen-bond acceptors (Lipinski definition) is 5. The van der Waals surface area contributed by atoms with E-state index in [2.05, 4.69) is 15.2 Å². The molecule has 0 saturated carbocycles. The molecule has 2 heterocycles. The van der Waals surface area contributed by atoms with Crippen molar-refractivity contribution in [3.63, 3.8) is 0 Å². The summed E-state index contributed by atoms with van der Waals surface area (Å²) in [6.07, 6.45) is 3.26. The number of carboxylic acid groups (broad SMARTS) is 1. The summed E-state index contributed by atoms with van der Waals surface area (Å²) >= 11 is 1.03. The lowest BCUT2D eigenvalue weighted by Crippen LogP contribution is -1.93. The number of aromatic nitrogens is 3. The summed E-state index contributed by atoms with van der Waals surface area (Å²) in [5.74, 6) is -1.06. The van der Waals surface area contributed by atoms with E-state index in [0.29, 0.717) is 5.01 Å². The highest BCUT2D eigenvalue weighted by atomic mass is 32.1. The van der Waals surface area contributed by atoms with Crippen molar-refractivity contribution in [2.24, 2.45) is 0 Å². The molecule has 2 aromatic heterocycles. The van der Waals surface area contributed by atoms with Gasteiger partial charge in [-0.2, -0.15) is 0 Å². The molecule has 0 aromatic carbocycles. The Morgan fingerprint density at radius 1 is 1.43 bits per heavy atom. The van der Waals surface area contributed by atoms with Crippen LogP contribution in [0.25, 0.3) is 10.6 Å². The number of carboxylic acids is 1. The van der Waals surface area contributed by atoms with Crippen LogP contribution in [0.5, 0.6) is 0 Å². The van der Waals surface area contributed by atoms with E-state index in [4.69, 9.17) is 5.11 Å². The van der Waals surface area contributed by atoms with Crippen LogP contribution in [-0.4, -0.2) is 26.3 Å². The molecule has 0 aliphatic heterocycles. The van der Waals surface area contributed by atoms with Gasteiger partial charge in [0.15, 0.2) is 0 Å². The van der Waals surface area contributed by atoms with Crippen LogP contribution in [0.4, 0.5) is 0 Å². The van der Waals surface area contributed by atoms with E-state index < -0.39 is 5.97 Å². The first-order chi connectivity index (χ1) is 6.77. The molecule has 1 N–H and O–H groups in total. The van der Waals surface area contributed by atoms with Gasteiger partial charge in [-0.05, 0) is 12.1 Å². The number of nitrogens with zero attached hydrogens (tertiary/aromatic N) is 3. The molecule has 0 radical (unpaired) electrons. The third-order valence-corrected chi connectivity index (χ3v) is 2.48. The van der Waals surface area contributed by atoms with E-state index >= 15 is 0 Å². The van der Waals surface area contributed by atoms with Crippen molar-refractivity contribution in [1.29, 1.82) is 0 Å². The van der Waals surface area contributed by atoms with Gasteiger partial charge in [-0.25, -0.2) is 4.79 Å². The molecule has 6 heteroatoms. The molecule has 14 heavy (non-hydrogen) atoms. The second-order valence-corrected chi connectivity index (χ2v) is 3.44. The largest absolute Gasteiger partial charge is 0.476 e. The highest BCUT2D eigenvalue weighted by Crippen LogP contribution is 2.21. The summed E-state index contributed by atoms with van der Waals surface area (Å²) in [6.45, 7) is 0. The van der Waals surface area contributed by atoms with E-state index in [-0.39, 0.29) is 5.01 Å². The summed E-state index contributed by atoms with van der Waals surface area (Å²) < 4.78 is 0. The zero-order chi connectivity index (χ0) is 9.97. The Hall–Kier alpha value is -1.82. The number of rotatable bonds is 2. The minimum atomic E-state index is -1.06. The van der Waals surface area contributed by atoms with Crippen LogP contribution in [0.1, 0.15) is 9.80 Å². The molecule has 0 bridgehead atoms. The van der Waals surface area contributed by atoms with Gasteiger partial charge >= 0.3 is 5.97 Å². The average Bonchev–Trinajstić information content (AvgIpc) is 2.68. The topological polar surface area (TPSA) is 76.0 Å². The quantitative estimate of drug-likeness (QED) is 0.803. The van der Waals surface area contributed by atoms with Crippen LogP contribution in [-0.2, 0) is 0 Å². The normalized spacial score (nSPS) is 10.0. The Morgan fingerprint density at radius 3 is 2.86 bits per heavy atom. The molecular weight excluding hydrogens is 202 g/mol. The predicted molar refractivity (Wildman–Crippen MR) is 50.1 cm³/mol. The molecule has 0 spiro atoms. The van der Waals surface area contributed by atoms with Crippen LogP contribution in [0.15, 0.2) is 24.5 Å². The fourth-order valence-electron chi connectivity index (χ4n) is 0.916. The lowest BCUT2D eigenvalue weighted by Gasteiger charge is -1.90. The fourth-order valence-corrected chi connectivity index (χ4v) is 1.59. The van der Waals surface area contributed by atoms with Crippen molar-refractivity contribution in [2.45, 2.75) is 0 Å². The van der Waals surface area contributed by atoms with Gasteiger partial charge in [0.25, 0.3) is 0 Å². The molecule has 2 rings (SSSR count). The first kappa shape index (κ1) is 8.76. The van der Waals surface area contributed by atoms with Gasteiger partial charge in [-0.1, -0.05) is 11.3 Å². The fraction of sp³-hybridized carbons (Fsp3) is 0. The predicted octanol–water partition coefficient (Wildman–Crippen LogP) is 1.30. The van der Waals surface area contributed by atoms with Gasteiger partial charge in [0, 0.05) is 18.0 Å². The maximum absolute atomic E-state index is 10.5. The standard InChI is InChI=1S/C8H5N3O2S/c12-8(13)7-11-10-6(14-7)5-2-1-3-9-4-5/h1-4H,(H,12,13).